The smallest absolute Gasteiger partial charge is 0.257 e. The van der Waals surface area contributed by atoms with Gasteiger partial charge in [0.05, 0.1) is 5.56 Å². The Bertz CT molecular complexity index is 951. The molecule has 1 N–H and O–H groups in total. The molecule has 4 rings (SSSR count). The summed E-state index contributed by atoms with van der Waals surface area (Å²) in [5.74, 6) is 0.514. The second-order valence-corrected chi connectivity index (χ2v) is 7.25. The van der Waals surface area contributed by atoms with Crippen molar-refractivity contribution < 1.29 is 4.79 Å². The van der Waals surface area contributed by atoms with Gasteiger partial charge >= 0.3 is 0 Å². The van der Waals surface area contributed by atoms with Crippen LogP contribution in [0.15, 0.2) is 67.0 Å². The van der Waals surface area contributed by atoms with E-state index >= 15 is 0 Å². The highest BCUT2D eigenvalue weighted by molar-refractivity contribution is 5.93. The second-order valence-electron chi connectivity index (χ2n) is 7.25. The Balaban J connectivity index is 1.31. The third-order valence-corrected chi connectivity index (χ3v) is 5.12. The minimum Gasteiger partial charge on any atom is -0.368 e. The minimum absolute atomic E-state index is 0.0112. The van der Waals surface area contributed by atoms with Crippen LogP contribution in [0.3, 0.4) is 0 Å². The molecule has 0 saturated carbocycles. The van der Waals surface area contributed by atoms with Crippen molar-refractivity contribution >= 4 is 17.5 Å². The van der Waals surface area contributed by atoms with E-state index < -0.39 is 0 Å². The number of anilines is 2. The van der Waals surface area contributed by atoms with Crippen molar-refractivity contribution in [1.82, 2.24) is 14.9 Å². The predicted molar refractivity (Wildman–Crippen MR) is 115 cm³/mol. The van der Waals surface area contributed by atoms with Gasteiger partial charge in [0.25, 0.3) is 5.91 Å². The molecule has 1 aliphatic heterocycles. The summed E-state index contributed by atoms with van der Waals surface area (Å²) in [6, 6.07) is 18.6. The van der Waals surface area contributed by atoms with Crippen LogP contribution in [0.5, 0.6) is 0 Å². The third-order valence-electron chi connectivity index (χ3n) is 5.12. The number of nitrogens with zero attached hydrogens (tertiary/aromatic N) is 4. The molecule has 0 spiro atoms. The molecule has 1 aliphatic rings. The molecule has 1 aromatic heterocycles. The van der Waals surface area contributed by atoms with E-state index in [4.69, 9.17) is 0 Å². The molecule has 1 fully saturated rings. The Morgan fingerprint density at radius 2 is 1.69 bits per heavy atom. The second kappa shape index (κ2) is 8.73. The maximum absolute atomic E-state index is 12.8. The number of para-hydroxylation sites is 1. The van der Waals surface area contributed by atoms with Crippen molar-refractivity contribution in [2.75, 3.05) is 36.4 Å². The lowest BCUT2D eigenvalue weighted by Gasteiger charge is -2.36. The van der Waals surface area contributed by atoms with Crippen LogP contribution in [0.1, 0.15) is 21.5 Å². The van der Waals surface area contributed by atoms with Crippen molar-refractivity contribution in [2.45, 2.75) is 13.5 Å². The van der Waals surface area contributed by atoms with Crippen molar-refractivity contribution in [2.24, 2.45) is 0 Å². The molecule has 29 heavy (non-hydrogen) atoms. The Hall–Kier alpha value is -3.41. The average Bonchev–Trinajstić information content (AvgIpc) is 2.78. The van der Waals surface area contributed by atoms with E-state index in [0.29, 0.717) is 31.1 Å². The lowest BCUT2D eigenvalue weighted by Crippen LogP contribution is -2.48. The number of aromatic nitrogens is 2. The fourth-order valence-electron chi connectivity index (χ4n) is 3.52. The van der Waals surface area contributed by atoms with Gasteiger partial charge < -0.3 is 15.1 Å². The molecule has 0 unspecified atom stereocenters. The highest BCUT2D eigenvalue weighted by Crippen LogP contribution is 2.17. The molecule has 148 valence electrons. The summed E-state index contributed by atoms with van der Waals surface area (Å²) in [5.41, 5.74) is 4.12. The maximum atomic E-state index is 12.8. The Kier molecular flexibility index (Phi) is 5.70. The number of rotatable bonds is 5. The molecular formula is C23H25N5O. The quantitative estimate of drug-likeness (QED) is 0.727. The number of benzene rings is 2. The molecule has 0 radical (unpaired) electrons. The summed E-state index contributed by atoms with van der Waals surface area (Å²) in [4.78, 5) is 25.6. The normalized spacial score (nSPS) is 14.0. The van der Waals surface area contributed by atoms with Gasteiger partial charge in [-0.15, -0.1) is 0 Å². The van der Waals surface area contributed by atoms with Gasteiger partial charge in [0.2, 0.25) is 5.95 Å². The highest BCUT2D eigenvalue weighted by atomic mass is 16.2. The van der Waals surface area contributed by atoms with Crippen LogP contribution in [0.4, 0.5) is 11.6 Å². The summed E-state index contributed by atoms with van der Waals surface area (Å²) in [7, 11) is 0. The number of aryl methyl sites for hydroxylation is 1. The first-order chi connectivity index (χ1) is 14.2. The molecule has 1 saturated heterocycles. The molecule has 1 amide bonds. The summed E-state index contributed by atoms with van der Waals surface area (Å²) in [5, 5.41) is 3.20. The highest BCUT2D eigenvalue weighted by Gasteiger charge is 2.22. The van der Waals surface area contributed by atoms with Gasteiger partial charge in [-0.3, -0.25) is 4.79 Å². The van der Waals surface area contributed by atoms with Gasteiger partial charge in [0.1, 0.15) is 0 Å². The van der Waals surface area contributed by atoms with Gasteiger partial charge in [-0.2, -0.15) is 0 Å². The number of hydrogen-bond acceptors (Lipinski definition) is 5. The SMILES string of the molecule is Cc1cccc(CNc2ncc(C(=O)N3CCN(c4ccccc4)CC3)cn2)c1. The number of amides is 1. The Labute approximate surface area is 171 Å². The first kappa shape index (κ1) is 18.9. The summed E-state index contributed by atoms with van der Waals surface area (Å²) in [6.07, 6.45) is 3.22. The third kappa shape index (κ3) is 4.71. The van der Waals surface area contributed by atoms with Crippen LogP contribution in [0, 0.1) is 6.92 Å². The molecule has 3 aromatic rings. The van der Waals surface area contributed by atoms with Crippen molar-refractivity contribution in [3.8, 4) is 0 Å². The molecule has 2 heterocycles. The summed E-state index contributed by atoms with van der Waals surface area (Å²) >= 11 is 0. The van der Waals surface area contributed by atoms with E-state index in [1.807, 2.05) is 29.2 Å². The number of carbonyl (C=O) groups excluding carboxylic acids is 1. The average molecular weight is 387 g/mol. The predicted octanol–water partition coefficient (Wildman–Crippen LogP) is 3.36. The minimum atomic E-state index is -0.0112. The fourth-order valence-corrected chi connectivity index (χ4v) is 3.52. The first-order valence-electron chi connectivity index (χ1n) is 9.90. The monoisotopic (exact) mass is 387 g/mol. The van der Waals surface area contributed by atoms with E-state index in [-0.39, 0.29) is 5.91 Å². The zero-order valence-corrected chi connectivity index (χ0v) is 16.6. The molecular weight excluding hydrogens is 362 g/mol. The molecule has 0 bridgehead atoms. The molecule has 0 atom stereocenters. The molecule has 2 aromatic carbocycles. The van der Waals surface area contributed by atoms with Crippen LogP contribution in [0.25, 0.3) is 0 Å². The number of hydrogen-bond donors (Lipinski definition) is 1. The molecule has 6 heteroatoms. The standard InChI is InChI=1S/C23H25N5O/c1-18-6-5-7-19(14-18)15-24-23-25-16-20(17-26-23)22(29)28-12-10-27(11-13-28)21-8-3-2-4-9-21/h2-9,14,16-17H,10-13,15H2,1H3,(H,24,25,26). The topological polar surface area (TPSA) is 61.4 Å². The van der Waals surface area contributed by atoms with E-state index in [1.54, 1.807) is 12.4 Å². The number of nitrogens with one attached hydrogen (secondary N) is 1. The van der Waals surface area contributed by atoms with Crippen molar-refractivity contribution in [1.29, 1.82) is 0 Å². The van der Waals surface area contributed by atoms with Crippen LogP contribution in [-0.2, 0) is 6.54 Å². The summed E-state index contributed by atoms with van der Waals surface area (Å²) in [6.45, 7) is 5.76. The van der Waals surface area contributed by atoms with Crippen LogP contribution in [-0.4, -0.2) is 47.0 Å². The number of carbonyl (C=O) groups is 1. The number of piperazine rings is 1. The van der Waals surface area contributed by atoms with Gasteiger partial charge in [-0.05, 0) is 24.6 Å². The van der Waals surface area contributed by atoms with E-state index in [2.05, 4.69) is 57.4 Å². The molecule has 0 aliphatic carbocycles. The van der Waals surface area contributed by atoms with Gasteiger partial charge in [0.15, 0.2) is 0 Å². The zero-order chi connectivity index (χ0) is 20.1. The largest absolute Gasteiger partial charge is 0.368 e. The first-order valence-corrected chi connectivity index (χ1v) is 9.90. The Morgan fingerprint density at radius 3 is 2.38 bits per heavy atom. The van der Waals surface area contributed by atoms with Gasteiger partial charge in [-0.1, -0.05) is 48.0 Å². The maximum Gasteiger partial charge on any atom is 0.257 e. The van der Waals surface area contributed by atoms with E-state index in [9.17, 15) is 4.79 Å². The van der Waals surface area contributed by atoms with Crippen molar-refractivity contribution in [3.05, 3.63) is 83.7 Å². The lowest BCUT2D eigenvalue weighted by molar-refractivity contribution is 0.0746. The summed E-state index contributed by atoms with van der Waals surface area (Å²) < 4.78 is 0. The lowest BCUT2D eigenvalue weighted by atomic mass is 10.1. The van der Waals surface area contributed by atoms with Crippen molar-refractivity contribution in [3.63, 3.8) is 0 Å². The van der Waals surface area contributed by atoms with Crippen LogP contribution < -0.4 is 10.2 Å². The fraction of sp³-hybridized carbons (Fsp3) is 0.261. The zero-order valence-electron chi connectivity index (χ0n) is 16.6. The van der Waals surface area contributed by atoms with Gasteiger partial charge in [-0.25, -0.2) is 9.97 Å². The van der Waals surface area contributed by atoms with E-state index in [1.165, 1.54) is 16.8 Å². The van der Waals surface area contributed by atoms with Crippen LogP contribution >= 0.6 is 0 Å². The van der Waals surface area contributed by atoms with E-state index in [0.717, 1.165) is 13.1 Å². The van der Waals surface area contributed by atoms with Crippen LogP contribution in [0.2, 0.25) is 0 Å². The van der Waals surface area contributed by atoms with Gasteiger partial charge in [0, 0.05) is 50.8 Å². The Morgan fingerprint density at radius 1 is 0.966 bits per heavy atom. The molecule has 6 nitrogen and oxygen atoms in total.